The Morgan fingerprint density at radius 3 is 2.74 bits per heavy atom. The smallest absolute Gasteiger partial charge is 0.255 e. The number of hydrogen-bond acceptors (Lipinski definition) is 4. The summed E-state index contributed by atoms with van der Waals surface area (Å²) in [6.45, 7) is 2.52. The topological polar surface area (TPSA) is 85.2 Å². The summed E-state index contributed by atoms with van der Waals surface area (Å²) in [4.78, 5) is 28.0. The maximum Gasteiger partial charge on any atom is 0.255 e. The van der Waals surface area contributed by atoms with Crippen LogP contribution >= 0.6 is 12.4 Å². The molecule has 0 bridgehead atoms. The molecule has 0 saturated carbocycles. The highest BCUT2D eigenvalue weighted by molar-refractivity contribution is 6.17. The van der Waals surface area contributed by atoms with E-state index >= 15 is 0 Å². The zero-order valence-electron chi connectivity index (χ0n) is 15.0. The molecule has 5 nitrogen and oxygen atoms in total. The fourth-order valence-electron chi connectivity index (χ4n) is 3.66. The Bertz CT molecular complexity index is 1070. The third kappa shape index (κ3) is 3.24. The minimum Gasteiger partial charge on any atom is -0.493 e. The molecule has 1 atom stereocenters. The molecule has 140 valence electrons. The van der Waals surface area contributed by atoms with Crippen molar-refractivity contribution in [1.82, 2.24) is 4.98 Å². The van der Waals surface area contributed by atoms with Gasteiger partial charge in [-0.15, -0.1) is 12.4 Å². The van der Waals surface area contributed by atoms with Crippen molar-refractivity contribution in [3.63, 3.8) is 0 Å². The molecule has 3 aromatic rings. The van der Waals surface area contributed by atoms with Crippen molar-refractivity contribution in [3.05, 3.63) is 75.2 Å². The third-order valence-corrected chi connectivity index (χ3v) is 4.91. The van der Waals surface area contributed by atoms with E-state index in [1.165, 1.54) is 0 Å². The summed E-state index contributed by atoms with van der Waals surface area (Å²) >= 11 is 0. The van der Waals surface area contributed by atoms with E-state index in [0.29, 0.717) is 34.3 Å². The van der Waals surface area contributed by atoms with Gasteiger partial charge in [0.05, 0.1) is 12.2 Å². The largest absolute Gasteiger partial charge is 0.493 e. The van der Waals surface area contributed by atoms with Gasteiger partial charge in [0.1, 0.15) is 5.75 Å². The Hall–Kier alpha value is -2.63. The number of rotatable bonds is 3. The van der Waals surface area contributed by atoms with Gasteiger partial charge in [-0.3, -0.25) is 9.59 Å². The number of aromatic amines is 1. The standard InChI is InChI=1S/C21H20N2O3.ClH/c1-12(22)13-7-8-18(20-16(13)6-3-11-26-20)19(24)15-4-2-5-17-14(15)9-10-23-21(17)25;/h2,4-5,7-10,12H,3,6,11,22H2,1H3,(H,23,25);1H/t12-;/m0./s1. The lowest BCUT2D eigenvalue weighted by Gasteiger charge is -2.24. The van der Waals surface area contributed by atoms with Crippen LogP contribution in [0.5, 0.6) is 5.75 Å². The van der Waals surface area contributed by atoms with E-state index < -0.39 is 0 Å². The van der Waals surface area contributed by atoms with Gasteiger partial charge in [0.15, 0.2) is 5.78 Å². The van der Waals surface area contributed by atoms with Crippen molar-refractivity contribution in [1.29, 1.82) is 0 Å². The van der Waals surface area contributed by atoms with Crippen molar-refractivity contribution in [2.45, 2.75) is 25.8 Å². The first kappa shape index (κ1) is 19.1. The number of aromatic nitrogens is 1. The Morgan fingerprint density at radius 2 is 1.96 bits per heavy atom. The van der Waals surface area contributed by atoms with Crippen LogP contribution in [0.2, 0.25) is 0 Å². The number of halogens is 1. The van der Waals surface area contributed by atoms with E-state index in [2.05, 4.69) is 4.98 Å². The summed E-state index contributed by atoms with van der Waals surface area (Å²) in [5.74, 6) is 0.494. The summed E-state index contributed by atoms with van der Waals surface area (Å²) in [6.07, 6.45) is 3.32. The number of carbonyl (C=O) groups excluding carboxylic acids is 1. The summed E-state index contributed by atoms with van der Waals surface area (Å²) in [7, 11) is 0. The number of fused-ring (bicyclic) bond motifs is 2. The van der Waals surface area contributed by atoms with Crippen LogP contribution in [0.4, 0.5) is 0 Å². The van der Waals surface area contributed by atoms with E-state index in [1.54, 1.807) is 36.5 Å². The van der Waals surface area contributed by atoms with Crippen LogP contribution in [-0.4, -0.2) is 17.4 Å². The molecule has 27 heavy (non-hydrogen) atoms. The predicted molar refractivity (Wildman–Crippen MR) is 108 cm³/mol. The Kier molecular flexibility index (Phi) is 5.35. The average molecular weight is 385 g/mol. The summed E-state index contributed by atoms with van der Waals surface area (Å²) < 4.78 is 5.88. The summed E-state index contributed by atoms with van der Waals surface area (Å²) in [5.41, 5.74) is 8.95. The summed E-state index contributed by atoms with van der Waals surface area (Å²) in [6, 6.07) is 10.5. The van der Waals surface area contributed by atoms with Crippen molar-refractivity contribution in [3.8, 4) is 5.75 Å². The molecule has 0 unspecified atom stereocenters. The van der Waals surface area contributed by atoms with Crippen LogP contribution in [0.3, 0.4) is 0 Å². The molecule has 2 heterocycles. The molecule has 1 aromatic heterocycles. The minimum absolute atomic E-state index is 0. The van der Waals surface area contributed by atoms with E-state index in [9.17, 15) is 9.59 Å². The number of nitrogens with one attached hydrogen (secondary N) is 1. The predicted octanol–water partition coefficient (Wildman–Crippen LogP) is 3.53. The Balaban J connectivity index is 0.00000210. The molecular weight excluding hydrogens is 364 g/mol. The molecule has 0 radical (unpaired) electrons. The lowest BCUT2D eigenvalue weighted by atomic mass is 9.90. The molecule has 3 N–H and O–H groups in total. The molecule has 0 saturated heterocycles. The molecule has 1 aliphatic rings. The number of nitrogens with two attached hydrogens (primary N) is 1. The van der Waals surface area contributed by atoms with Crippen LogP contribution in [0.25, 0.3) is 10.8 Å². The van der Waals surface area contributed by atoms with Gasteiger partial charge in [0.2, 0.25) is 0 Å². The normalized spacial score (nSPS) is 14.0. The number of ketones is 1. The highest BCUT2D eigenvalue weighted by atomic mass is 35.5. The van der Waals surface area contributed by atoms with E-state index in [0.717, 1.165) is 24.0 Å². The van der Waals surface area contributed by atoms with Gasteiger partial charge >= 0.3 is 0 Å². The van der Waals surface area contributed by atoms with Crippen LogP contribution in [0, 0.1) is 0 Å². The van der Waals surface area contributed by atoms with Gasteiger partial charge in [-0.2, -0.15) is 0 Å². The van der Waals surface area contributed by atoms with E-state index in [4.69, 9.17) is 10.5 Å². The third-order valence-electron chi connectivity index (χ3n) is 4.91. The second-order valence-corrected chi connectivity index (χ2v) is 6.65. The number of carbonyl (C=O) groups is 1. The van der Waals surface area contributed by atoms with Gasteiger partial charge in [-0.1, -0.05) is 18.2 Å². The number of H-pyrrole nitrogens is 1. The molecule has 4 rings (SSSR count). The Labute approximate surface area is 163 Å². The molecular formula is C21H21ClN2O3. The molecule has 6 heteroatoms. The van der Waals surface area contributed by atoms with Crippen molar-refractivity contribution < 1.29 is 9.53 Å². The van der Waals surface area contributed by atoms with Crippen LogP contribution in [0.1, 0.15) is 46.4 Å². The minimum atomic E-state index is -0.206. The first-order valence-corrected chi connectivity index (χ1v) is 8.77. The van der Waals surface area contributed by atoms with Gasteiger partial charge in [-0.05, 0) is 54.5 Å². The molecule has 0 spiro atoms. The molecule has 1 aliphatic heterocycles. The first-order valence-electron chi connectivity index (χ1n) is 8.77. The average Bonchev–Trinajstić information content (AvgIpc) is 2.66. The fraction of sp³-hybridized carbons (Fsp3) is 0.238. The molecule has 0 aliphatic carbocycles. The number of pyridine rings is 1. The highest BCUT2D eigenvalue weighted by Gasteiger charge is 2.25. The molecule has 0 amide bonds. The molecule has 0 fully saturated rings. The van der Waals surface area contributed by atoms with Gasteiger partial charge in [0.25, 0.3) is 5.56 Å². The second kappa shape index (κ2) is 7.55. The quantitative estimate of drug-likeness (QED) is 0.676. The van der Waals surface area contributed by atoms with E-state index in [-0.39, 0.29) is 29.8 Å². The second-order valence-electron chi connectivity index (χ2n) is 6.65. The maximum atomic E-state index is 13.3. The van der Waals surface area contributed by atoms with Crippen LogP contribution < -0.4 is 16.0 Å². The molecule has 2 aromatic carbocycles. The first-order chi connectivity index (χ1) is 12.6. The summed E-state index contributed by atoms with van der Waals surface area (Å²) in [5, 5.41) is 1.14. The van der Waals surface area contributed by atoms with Crippen molar-refractivity contribution in [2.24, 2.45) is 5.73 Å². The lowest BCUT2D eigenvalue weighted by molar-refractivity contribution is 0.103. The van der Waals surface area contributed by atoms with E-state index in [1.807, 2.05) is 13.0 Å². The van der Waals surface area contributed by atoms with Gasteiger partial charge < -0.3 is 15.5 Å². The van der Waals surface area contributed by atoms with Gasteiger partial charge in [0, 0.05) is 23.2 Å². The van der Waals surface area contributed by atoms with Crippen LogP contribution in [-0.2, 0) is 6.42 Å². The zero-order valence-corrected chi connectivity index (χ0v) is 15.8. The number of benzene rings is 2. The monoisotopic (exact) mass is 384 g/mol. The van der Waals surface area contributed by atoms with Crippen molar-refractivity contribution >= 4 is 29.0 Å². The number of hydrogen-bond donors (Lipinski definition) is 2. The highest BCUT2D eigenvalue weighted by Crippen LogP contribution is 2.36. The van der Waals surface area contributed by atoms with Gasteiger partial charge in [-0.25, -0.2) is 0 Å². The van der Waals surface area contributed by atoms with Crippen molar-refractivity contribution in [2.75, 3.05) is 6.61 Å². The maximum absolute atomic E-state index is 13.3. The Morgan fingerprint density at radius 1 is 1.15 bits per heavy atom. The number of ether oxygens (including phenoxy) is 1. The van der Waals surface area contributed by atoms with Crippen LogP contribution in [0.15, 0.2) is 47.4 Å². The SMILES string of the molecule is C[C@H](N)c1ccc(C(=O)c2cccc3c(=O)[nH]ccc23)c2c1CCCO2.Cl. The fourth-order valence-corrected chi connectivity index (χ4v) is 3.66. The zero-order chi connectivity index (χ0) is 18.3. The lowest BCUT2D eigenvalue weighted by Crippen LogP contribution is -2.18.